The molecule has 7 heteroatoms. The maximum absolute atomic E-state index is 12.0. The van der Waals surface area contributed by atoms with Crippen LogP contribution in [-0.4, -0.2) is 22.7 Å². The van der Waals surface area contributed by atoms with Crippen molar-refractivity contribution < 1.29 is 14.1 Å². The number of hydrogen-bond acceptors (Lipinski definition) is 5. The highest BCUT2D eigenvalue weighted by molar-refractivity contribution is 7.15. The lowest BCUT2D eigenvalue weighted by Gasteiger charge is -2.02. The lowest BCUT2D eigenvalue weighted by Crippen LogP contribution is -2.34. The van der Waals surface area contributed by atoms with Gasteiger partial charge in [-0.25, -0.2) is 4.57 Å². The van der Waals surface area contributed by atoms with Gasteiger partial charge < -0.3 is 10.1 Å². The van der Waals surface area contributed by atoms with Crippen LogP contribution in [0.25, 0.3) is 0 Å². The van der Waals surface area contributed by atoms with Gasteiger partial charge in [-0.15, -0.1) is 10.2 Å². The van der Waals surface area contributed by atoms with Crippen LogP contribution in [0, 0.1) is 6.92 Å². The Morgan fingerprint density at radius 3 is 3.00 bits per heavy atom. The third-order valence-corrected chi connectivity index (χ3v) is 4.48. The highest BCUT2D eigenvalue weighted by atomic mass is 32.1. The number of aromatic nitrogens is 3. The minimum absolute atomic E-state index is 0.0475. The molecule has 6 nitrogen and oxygen atoms in total. The van der Waals surface area contributed by atoms with Gasteiger partial charge in [0.05, 0.1) is 6.42 Å². The Hall–Kier alpha value is -1.86. The molecule has 3 rings (SSSR count). The molecule has 1 fully saturated rings. The van der Waals surface area contributed by atoms with E-state index in [1.807, 2.05) is 36.0 Å². The Kier molecular flexibility index (Phi) is 4.74. The second-order valence-electron chi connectivity index (χ2n) is 5.36. The third kappa shape index (κ3) is 3.86. The summed E-state index contributed by atoms with van der Waals surface area (Å²) in [7, 11) is 0. The van der Waals surface area contributed by atoms with Gasteiger partial charge in [0.25, 0.3) is 0 Å². The standard InChI is InChI=1S/C15H18N4O2S/c1-11-4-7-19(8-5-11)9-6-13(20)16-15-18-17-14(22-15)12-3-2-10-21-12/h4-5,7-8,12H,2-3,6,9-10H2,1H3/p+1. The molecule has 1 saturated heterocycles. The van der Waals surface area contributed by atoms with Crippen LogP contribution in [0.3, 0.4) is 0 Å². The summed E-state index contributed by atoms with van der Waals surface area (Å²) in [5.41, 5.74) is 1.20. The summed E-state index contributed by atoms with van der Waals surface area (Å²) in [6, 6.07) is 4.05. The van der Waals surface area contributed by atoms with Crippen molar-refractivity contribution in [3.05, 3.63) is 35.1 Å². The van der Waals surface area contributed by atoms with Crippen molar-refractivity contribution in [1.82, 2.24) is 10.2 Å². The van der Waals surface area contributed by atoms with Crippen LogP contribution in [0.5, 0.6) is 0 Å². The molecule has 116 valence electrons. The smallest absolute Gasteiger partial charge is 0.232 e. The number of anilines is 1. The van der Waals surface area contributed by atoms with Crippen LogP contribution in [0.1, 0.15) is 35.9 Å². The molecular formula is C15H19N4O2S+. The Balaban J connectivity index is 1.50. The van der Waals surface area contributed by atoms with Gasteiger partial charge in [-0.1, -0.05) is 11.3 Å². The van der Waals surface area contributed by atoms with Gasteiger partial charge in [0.2, 0.25) is 11.0 Å². The molecule has 1 unspecified atom stereocenters. The fourth-order valence-electron chi connectivity index (χ4n) is 2.28. The van der Waals surface area contributed by atoms with E-state index >= 15 is 0 Å². The first-order valence-electron chi connectivity index (χ1n) is 7.41. The van der Waals surface area contributed by atoms with Crippen LogP contribution in [0.2, 0.25) is 0 Å². The van der Waals surface area contributed by atoms with Gasteiger partial charge >= 0.3 is 0 Å². The molecule has 1 aliphatic rings. The zero-order chi connectivity index (χ0) is 15.4. The summed E-state index contributed by atoms with van der Waals surface area (Å²) in [5.74, 6) is -0.0527. The van der Waals surface area contributed by atoms with E-state index < -0.39 is 0 Å². The van der Waals surface area contributed by atoms with Gasteiger partial charge in [-0.2, -0.15) is 0 Å². The lowest BCUT2D eigenvalue weighted by atomic mass is 10.2. The first-order chi connectivity index (χ1) is 10.7. The normalized spacial score (nSPS) is 17.6. The van der Waals surface area contributed by atoms with E-state index in [1.54, 1.807) is 0 Å². The number of nitrogens with zero attached hydrogens (tertiary/aromatic N) is 3. The number of aryl methyl sites for hydroxylation is 2. The van der Waals surface area contributed by atoms with Crippen molar-refractivity contribution in [3.8, 4) is 0 Å². The molecule has 0 saturated carbocycles. The zero-order valence-corrected chi connectivity index (χ0v) is 13.3. The summed E-state index contributed by atoms with van der Waals surface area (Å²) in [6.07, 6.45) is 6.44. The van der Waals surface area contributed by atoms with Gasteiger partial charge in [0.15, 0.2) is 18.9 Å². The van der Waals surface area contributed by atoms with Gasteiger partial charge in [0.1, 0.15) is 11.1 Å². The monoisotopic (exact) mass is 319 g/mol. The molecule has 0 radical (unpaired) electrons. The molecule has 1 N–H and O–H groups in total. The summed E-state index contributed by atoms with van der Waals surface area (Å²) < 4.78 is 7.55. The first-order valence-corrected chi connectivity index (χ1v) is 8.23. The van der Waals surface area contributed by atoms with E-state index in [2.05, 4.69) is 15.5 Å². The number of rotatable bonds is 5. The Bertz CT molecular complexity index is 635. The minimum Gasteiger partial charge on any atom is -0.371 e. The number of nitrogens with one attached hydrogen (secondary N) is 1. The molecular weight excluding hydrogens is 300 g/mol. The van der Waals surface area contributed by atoms with Gasteiger partial charge in [-0.05, 0) is 25.3 Å². The number of ether oxygens (including phenoxy) is 1. The maximum Gasteiger partial charge on any atom is 0.232 e. The van der Waals surface area contributed by atoms with Crippen molar-refractivity contribution in [1.29, 1.82) is 0 Å². The number of carbonyl (C=O) groups is 1. The van der Waals surface area contributed by atoms with E-state index in [0.717, 1.165) is 24.5 Å². The second-order valence-corrected chi connectivity index (χ2v) is 6.37. The average molecular weight is 319 g/mol. The summed E-state index contributed by atoms with van der Waals surface area (Å²) in [5, 5.41) is 12.3. The molecule has 0 bridgehead atoms. The predicted octanol–water partition coefficient (Wildman–Crippen LogP) is 2.01. The molecule has 2 aromatic heterocycles. The largest absolute Gasteiger partial charge is 0.371 e. The van der Waals surface area contributed by atoms with E-state index in [9.17, 15) is 4.79 Å². The number of hydrogen-bond donors (Lipinski definition) is 1. The minimum atomic E-state index is -0.0527. The van der Waals surface area contributed by atoms with Crippen LogP contribution in [0.4, 0.5) is 5.13 Å². The van der Waals surface area contributed by atoms with Crippen molar-refractivity contribution >= 4 is 22.4 Å². The first kappa shape index (κ1) is 15.1. The fraction of sp³-hybridized carbons (Fsp3) is 0.467. The highest BCUT2D eigenvalue weighted by Gasteiger charge is 2.22. The topological polar surface area (TPSA) is 68.0 Å². The van der Waals surface area contributed by atoms with Crippen LogP contribution in [-0.2, 0) is 16.1 Å². The summed E-state index contributed by atoms with van der Waals surface area (Å²) >= 11 is 1.40. The van der Waals surface area contributed by atoms with Crippen LogP contribution in [0.15, 0.2) is 24.5 Å². The molecule has 1 atom stereocenters. The van der Waals surface area contributed by atoms with E-state index in [0.29, 0.717) is 18.1 Å². The molecule has 22 heavy (non-hydrogen) atoms. The van der Waals surface area contributed by atoms with Crippen LogP contribution >= 0.6 is 11.3 Å². The molecule has 3 heterocycles. The average Bonchev–Trinajstić information content (AvgIpc) is 3.17. The van der Waals surface area contributed by atoms with Crippen molar-refractivity contribution in [2.75, 3.05) is 11.9 Å². The molecule has 1 aliphatic heterocycles. The van der Waals surface area contributed by atoms with E-state index in [-0.39, 0.29) is 12.0 Å². The second kappa shape index (κ2) is 6.93. The Labute approximate surface area is 133 Å². The van der Waals surface area contributed by atoms with Gasteiger partial charge in [-0.3, -0.25) is 4.79 Å². The zero-order valence-electron chi connectivity index (χ0n) is 12.5. The molecule has 1 amide bonds. The Morgan fingerprint density at radius 1 is 1.45 bits per heavy atom. The number of amides is 1. The quantitative estimate of drug-likeness (QED) is 0.856. The molecule has 2 aromatic rings. The van der Waals surface area contributed by atoms with Crippen molar-refractivity contribution in [3.63, 3.8) is 0 Å². The van der Waals surface area contributed by atoms with Gasteiger partial charge in [0, 0.05) is 18.7 Å². The van der Waals surface area contributed by atoms with E-state index in [1.165, 1.54) is 16.9 Å². The molecule has 0 aromatic carbocycles. The van der Waals surface area contributed by atoms with Crippen LogP contribution < -0.4 is 9.88 Å². The molecule has 0 spiro atoms. The molecule has 0 aliphatic carbocycles. The lowest BCUT2D eigenvalue weighted by molar-refractivity contribution is -0.695. The van der Waals surface area contributed by atoms with Crippen molar-refractivity contribution in [2.24, 2.45) is 0 Å². The Morgan fingerprint density at radius 2 is 2.27 bits per heavy atom. The predicted molar refractivity (Wildman–Crippen MR) is 82.5 cm³/mol. The highest BCUT2D eigenvalue weighted by Crippen LogP contribution is 2.31. The number of pyridine rings is 1. The third-order valence-electron chi connectivity index (χ3n) is 3.55. The maximum atomic E-state index is 12.0. The SMILES string of the molecule is Cc1cc[n+](CCC(=O)Nc2nnc(C3CCCO3)s2)cc1. The number of carbonyl (C=O) groups excluding carboxylic acids is 1. The summed E-state index contributed by atoms with van der Waals surface area (Å²) in [4.78, 5) is 12.0. The fourth-order valence-corrected chi connectivity index (χ4v) is 3.12. The van der Waals surface area contributed by atoms with Crippen molar-refractivity contribution in [2.45, 2.75) is 38.8 Å². The summed E-state index contributed by atoms with van der Waals surface area (Å²) in [6.45, 7) is 3.46. The van der Waals surface area contributed by atoms with E-state index in [4.69, 9.17) is 4.74 Å².